The van der Waals surface area contributed by atoms with Crippen LogP contribution in [0.4, 0.5) is 4.39 Å². The average Bonchev–Trinajstić information content (AvgIpc) is 2.39. The summed E-state index contributed by atoms with van der Waals surface area (Å²) in [5, 5.41) is 0.708. The standard InChI is InChI=1S/C16H18ClFN2/c1-10-8-14(18)5-3-12(10)9-16(20-19)15-6-4-13(17)7-11(15)2/h3-8,16,20H,9,19H2,1-2H3. The van der Waals surface area contributed by atoms with Crippen LogP contribution in [0.1, 0.15) is 28.3 Å². The van der Waals surface area contributed by atoms with Crippen molar-refractivity contribution in [2.45, 2.75) is 26.3 Å². The van der Waals surface area contributed by atoms with E-state index < -0.39 is 0 Å². The normalized spacial score (nSPS) is 12.4. The van der Waals surface area contributed by atoms with E-state index in [-0.39, 0.29) is 11.9 Å². The molecule has 0 aliphatic rings. The lowest BCUT2D eigenvalue weighted by molar-refractivity contribution is 0.547. The summed E-state index contributed by atoms with van der Waals surface area (Å²) in [6.07, 6.45) is 0.699. The van der Waals surface area contributed by atoms with Crippen LogP contribution in [-0.2, 0) is 6.42 Å². The highest BCUT2D eigenvalue weighted by Crippen LogP contribution is 2.25. The first-order valence-electron chi connectivity index (χ1n) is 6.48. The zero-order chi connectivity index (χ0) is 14.7. The number of hydrazine groups is 1. The molecule has 0 bridgehead atoms. The molecule has 3 N–H and O–H groups in total. The van der Waals surface area contributed by atoms with Crippen LogP contribution in [0.5, 0.6) is 0 Å². The van der Waals surface area contributed by atoms with E-state index in [2.05, 4.69) is 5.43 Å². The lowest BCUT2D eigenvalue weighted by atomic mass is 9.94. The van der Waals surface area contributed by atoms with Gasteiger partial charge in [0.05, 0.1) is 6.04 Å². The number of rotatable bonds is 4. The predicted molar refractivity (Wildman–Crippen MR) is 81.1 cm³/mol. The summed E-state index contributed by atoms with van der Waals surface area (Å²) in [5.41, 5.74) is 7.01. The van der Waals surface area contributed by atoms with Gasteiger partial charge in [-0.1, -0.05) is 23.7 Å². The largest absolute Gasteiger partial charge is 0.271 e. The predicted octanol–water partition coefficient (Wildman–Crippen LogP) is 3.84. The molecule has 0 spiro atoms. The summed E-state index contributed by atoms with van der Waals surface area (Å²) in [5.74, 6) is 5.47. The Balaban J connectivity index is 2.28. The highest BCUT2D eigenvalue weighted by atomic mass is 35.5. The van der Waals surface area contributed by atoms with E-state index in [0.29, 0.717) is 11.4 Å². The van der Waals surface area contributed by atoms with Crippen molar-refractivity contribution in [1.29, 1.82) is 0 Å². The maximum Gasteiger partial charge on any atom is 0.123 e. The van der Waals surface area contributed by atoms with Gasteiger partial charge in [-0.2, -0.15) is 0 Å². The van der Waals surface area contributed by atoms with Gasteiger partial charge in [0.2, 0.25) is 0 Å². The van der Waals surface area contributed by atoms with Crippen LogP contribution in [-0.4, -0.2) is 0 Å². The zero-order valence-corrected chi connectivity index (χ0v) is 12.3. The molecule has 0 amide bonds. The highest BCUT2D eigenvalue weighted by Gasteiger charge is 2.14. The van der Waals surface area contributed by atoms with Crippen LogP contribution in [0.2, 0.25) is 5.02 Å². The fraction of sp³-hybridized carbons (Fsp3) is 0.250. The summed E-state index contributed by atoms with van der Waals surface area (Å²) in [6.45, 7) is 3.91. The van der Waals surface area contributed by atoms with E-state index in [9.17, 15) is 4.39 Å². The fourth-order valence-electron chi connectivity index (χ4n) is 2.40. The minimum Gasteiger partial charge on any atom is -0.271 e. The Labute approximate surface area is 123 Å². The average molecular weight is 293 g/mol. The van der Waals surface area contributed by atoms with Gasteiger partial charge in [0.1, 0.15) is 5.82 Å². The minimum absolute atomic E-state index is 0.0311. The van der Waals surface area contributed by atoms with E-state index in [1.165, 1.54) is 12.1 Å². The molecule has 4 heteroatoms. The number of hydrogen-bond acceptors (Lipinski definition) is 2. The number of halogens is 2. The summed E-state index contributed by atoms with van der Waals surface area (Å²) in [4.78, 5) is 0. The van der Waals surface area contributed by atoms with Crippen LogP contribution < -0.4 is 11.3 Å². The van der Waals surface area contributed by atoms with Crippen molar-refractivity contribution in [1.82, 2.24) is 5.43 Å². The van der Waals surface area contributed by atoms with Gasteiger partial charge in [-0.3, -0.25) is 11.3 Å². The molecule has 0 saturated carbocycles. The first kappa shape index (κ1) is 15.0. The number of nitrogens with one attached hydrogen (secondary N) is 1. The number of hydrogen-bond donors (Lipinski definition) is 2. The second kappa shape index (κ2) is 6.35. The highest BCUT2D eigenvalue weighted by molar-refractivity contribution is 6.30. The maximum atomic E-state index is 13.1. The second-order valence-electron chi connectivity index (χ2n) is 5.00. The Hall–Kier alpha value is -1.42. The van der Waals surface area contributed by atoms with Crippen molar-refractivity contribution in [3.8, 4) is 0 Å². The van der Waals surface area contributed by atoms with E-state index in [4.69, 9.17) is 17.4 Å². The molecule has 106 valence electrons. The van der Waals surface area contributed by atoms with Crippen molar-refractivity contribution in [3.63, 3.8) is 0 Å². The Morgan fingerprint density at radius 3 is 2.50 bits per heavy atom. The molecule has 0 saturated heterocycles. The quantitative estimate of drug-likeness (QED) is 0.664. The van der Waals surface area contributed by atoms with Gasteiger partial charge in [-0.05, 0) is 66.8 Å². The summed E-state index contributed by atoms with van der Waals surface area (Å²) in [7, 11) is 0. The van der Waals surface area contributed by atoms with Gasteiger partial charge >= 0.3 is 0 Å². The van der Waals surface area contributed by atoms with Crippen molar-refractivity contribution in [2.75, 3.05) is 0 Å². The molecule has 0 heterocycles. The molecule has 2 nitrogen and oxygen atoms in total. The molecule has 2 aromatic carbocycles. The first-order valence-corrected chi connectivity index (χ1v) is 6.86. The molecular weight excluding hydrogens is 275 g/mol. The molecule has 0 aliphatic heterocycles. The molecule has 1 unspecified atom stereocenters. The topological polar surface area (TPSA) is 38.0 Å². The monoisotopic (exact) mass is 292 g/mol. The summed E-state index contributed by atoms with van der Waals surface area (Å²) in [6, 6.07) is 10.5. The third-order valence-corrected chi connectivity index (χ3v) is 3.77. The van der Waals surface area contributed by atoms with Crippen molar-refractivity contribution in [3.05, 3.63) is 69.5 Å². The molecule has 0 radical (unpaired) electrons. The van der Waals surface area contributed by atoms with Gasteiger partial charge in [-0.25, -0.2) is 4.39 Å². The number of aryl methyl sites for hydroxylation is 2. The molecule has 0 aliphatic carbocycles. The molecule has 2 aromatic rings. The van der Waals surface area contributed by atoms with Gasteiger partial charge in [0, 0.05) is 5.02 Å². The fourth-order valence-corrected chi connectivity index (χ4v) is 2.62. The summed E-state index contributed by atoms with van der Waals surface area (Å²) >= 11 is 5.97. The van der Waals surface area contributed by atoms with E-state index in [1.54, 1.807) is 6.07 Å². The molecule has 20 heavy (non-hydrogen) atoms. The molecule has 2 rings (SSSR count). The molecular formula is C16H18ClFN2. The Bertz CT molecular complexity index is 613. The second-order valence-corrected chi connectivity index (χ2v) is 5.43. The third-order valence-electron chi connectivity index (χ3n) is 3.54. The van der Waals surface area contributed by atoms with Gasteiger partial charge in [0.15, 0.2) is 0 Å². The Morgan fingerprint density at radius 1 is 1.15 bits per heavy atom. The van der Waals surface area contributed by atoms with Crippen molar-refractivity contribution < 1.29 is 4.39 Å². The lowest BCUT2D eigenvalue weighted by Gasteiger charge is -2.20. The van der Waals surface area contributed by atoms with Crippen LogP contribution >= 0.6 is 11.6 Å². The Morgan fingerprint density at radius 2 is 1.90 bits per heavy atom. The third kappa shape index (κ3) is 3.37. The Kier molecular flexibility index (Phi) is 4.76. The maximum absolute atomic E-state index is 13.1. The number of nitrogens with two attached hydrogens (primary N) is 1. The molecule has 1 atom stereocenters. The van der Waals surface area contributed by atoms with Crippen LogP contribution in [0.25, 0.3) is 0 Å². The molecule has 0 fully saturated rings. The van der Waals surface area contributed by atoms with Gasteiger partial charge in [-0.15, -0.1) is 0 Å². The van der Waals surface area contributed by atoms with Crippen molar-refractivity contribution >= 4 is 11.6 Å². The van der Waals surface area contributed by atoms with Crippen LogP contribution in [0.3, 0.4) is 0 Å². The minimum atomic E-state index is -0.216. The van der Waals surface area contributed by atoms with Crippen LogP contribution in [0, 0.1) is 19.7 Å². The summed E-state index contributed by atoms with van der Waals surface area (Å²) < 4.78 is 13.1. The first-order chi connectivity index (χ1) is 9.51. The van der Waals surface area contributed by atoms with Crippen LogP contribution in [0.15, 0.2) is 36.4 Å². The molecule has 0 aromatic heterocycles. The SMILES string of the molecule is Cc1cc(F)ccc1CC(NN)c1ccc(Cl)cc1C. The number of benzene rings is 2. The van der Waals surface area contributed by atoms with E-state index in [0.717, 1.165) is 22.3 Å². The van der Waals surface area contributed by atoms with E-state index >= 15 is 0 Å². The smallest absolute Gasteiger partial charge is 0.123 e. The van der Waals surface area contributed by atoms with Gasteiger partial charge < -0.3 is 0 Å². The van der Waals surface area contributed by atoms with Gasteiger partial charge in [0.25, 0.3) is 0 Å². The van der Waals surface area contributed by atoms with Crippen molar-refractivity contribution in [2.24, 2.45) is 5.84 Å². The lowest BCUT2D eigenvalue weighted by Crippen LogP contribution is -2.30. The zero-order valence-electron chi connectivity index (χ0n) is 11.6. The van der Waals surface area contributed by atoms with E-state index in [1.807, 2.05) is 32.0 Å².